The number of carboxylic acids is 2. The van der Waals surface area contributed by atoms with Crippen LogP contribution in [-0.2, 0) is 0 Å². The Morgan fingerprint density at radius 2 is 0.603 bits per heavy atom. The summed E-state index contributed by atoms with van der Waals surface area (Å²) in [5.74, 6) is -0.0741. The van der Waals surface area contributed by atoms with Crippen molar-refractivity contribution in [3.05, 3.63) is 230 Å². The van der Waals surface area contributed by atoms with E-state index in [1.807, 2.05) is 97.1 Å². The van der Waals surface area contributed by atoms with Crippen LogP contribution in [0, 0.1) is 0 Å². The van der Waals surface area contributed by atoms with Gasteiger partial charge in [-0.3, -0.25) is 0 Å². The maximum absolute atomic E-state index is 12.6. The summed E-state index contributed by atoms with van der Waals surface area (Å²) >= 11 is 0. The lowest BCUT2D eigenvalue weighted by Crippen LogP contribution is -2.00. The molecule has 6 heteroatoms. The molecule has 0 heterocycles. The van der Waals surface area contributed by atoms with Gasteiger partial charge >= 0.3 is 11.9 Å². The van der Waals surface area contributed by atoms with Crippen LogP contribution in [0.2, 0.25) is 0 Å². The molecule has 2 N–H and O–H groups in total. The molecule has 12 aromatic rings. The molecule has 0 amide bonds. The minimum Gasteiger partial charge on any atom is -0.478 e. The zero-order valence-electron chi connectivity index (χ0n) is 36.3. The zero-order chi connectivity index (χ0) is 45.9. The molecule has 0 saturated carbocycles. The zero-order valence-corrected chi connectivity index (χ0v) is 36.3. The monoisotopic (exact) mass is 878 g/mol. The summed E-state index contributed by atoms with van der Waals surface area (Å²) in [4.78, 5) is 25.3. The molecule has 0 aromatic heterocycles. The summed E-state index contributed by atoms with van der Waals surface area (Å²) < 4.78 is 14.4. The smallest absolute Gasteiger partial charge is 0.335 e. The number of benzene rings is 12. The summed E-state index contributed by atoms with van der Waals surface area (Å²) in [5, 5.41) is 32.7. The molecular formula is C62H38O6. The third kappa shape index (κ3) is 6.82. The maximum Gasteiger partial charge on any atom is 0.335 e. The normalized spacial score (nSPS) is 11.5. The lowest BCUT2D eigenvalue weighted by molar-refractivity contribution is 0.0686. The van der Waals surface area contributed by atoms with Crippen molar-refractivity contribution in [2.75, 3.05) is 0 Å². The first-order valence-electron chi connectivity index (χ1n) is 22.3. The van der Waals surface area contributed by atoms with Gasteiger partial charge in [-0.1, -0.05) is 158 Å². The van der Waals surface area contributed by atoms with E-state index in [0.29, 0.717) is 34.1 Å². The van der Waals surface area contributed by atoms with E-state index in [4.69, 9.17) is 9.47 Å². The van der Waals surface area contributed by atoms with E-state index in [2.05, 4.69) is 84.9 Å². The van der Waals surface area contributed by atoms with E-state index >= 15 is 0 Å². The number of ether oxygens (including phenoxy) is 2. The summed E-state index contributed by atoms with van der Waals surface area (Å²) in [6.07, 6.45) is 0. The molecule has 0 unspecified atom stereocenters. The van der Waals surface area contributed by atoms with Crippen molar-refractivity contribution >= 4 is 76.6 Å². The van der Waals surface area contributed by atoms with Gasteiger partial charge in [0, 0.05) is 22.3 Å². The molecule has 6 nitrogen and oxygen atoms in total. The summed E-state index contributed by atoms with van der Waals surface area (Å²) in [6.45, 7) is 0. The van der Waals surface area contributed by atoms with Crippen molar-refractivity contribution in [2.45, 2.75) is 0 Å². The standard InChI is InChI=1S/C62H38O6/c63-61(64)41-27-29-55(53(35-41)51-33-39-15-3-5-17-43(39)47-21-9-11-23-49(47)51)67-57-31-25-37-13-1-7-19-45(37)59(57)60-46-20-8-2-14-38(46)26-32-58(60)68-56-30-28-42(62(65)66)36-54(56)52-34-40-16-4-6-18-44(40)48-22-10-12-24-50(48)52/h1-36H,(H,63,64)(H,65,66). The molecule has 0 aliphatic carbocycles. The molecule has 0 saturated heterocycles. The third-order valence-electron chi connectivity index (χ3n) is 13.0. The minimum atomic E-state index is -1.04. The molecule has 0 fully saturated rings. The topological polar surface area (TPSA) is 93.1 Å². The molecule has 0 aliphatic rings. The predicted octanol–water partition coefficient (Wildman–Crippen LogP) is 16.6. The molecule has 0 bridgehead atoms. The Morgan fingerprint density at radius 3 is 1.00 bits per heavy atom. The Hall–Kier alpha value is -9.26. The van der Waals surface area contributed by atoms with Gasteiger partial charge in [0.15, 0.2) is 0 Å². The van der Waals surface area contributed by atoms with Crippen molar-refractivity contribution in [1.82, 2.24) is 0 Å². The van der Waals surface area contributed by atoms with Gasteiger partial charge in [0.05, 0.1) is 11.1 Å². The summed E-state index contributed by atoms with van der Waals surface area (Å²) in [6, 6.07) is 71.3. The van der Waals surface area contributed by atoms with Crippen LogP contribution in [0.1, 0.15) is 20.7 Å². The molecule has 0 atom stereocenters. The van der Waals surface area contributed by atoms with E-state index in [1.54, 1.807) is 36.4 Å². The summed E-state index contributed by atoms with van der Waals surface area (Å²) in [5.41, 5.74) is 4.75. The molecule has 0 aliphatic heterocycles. The Bertz CT molecular complexity index is 3790. The molecule has 322 valence electrons. The van der Waals surface area contributed by atoms with Crippen LogP contribution in [0.4, 0.5) is 0 Å². The maximum atomic E-state index is 12.6. The highest BCUT2D eigenvalue weighted by atomic mass is 16.5. The van der Waals surface area contributed by atoms with Crippen LogP contribution in [0.3, 0.4) is 0 Å². The highest BCUT2D eigenvalue weighted by molar-refractivity contribution is 6.16. The highest BCUT2D eigenvalue weighted by Crippen LogP contribution is 2.50. The van der Waals surface area contributed by atoms with Crippen molar-refractivity contribution in [1.29, 1.82) is 0 Å². The van der Waals surface area contributed by atoms with Crippen molar-refractivity contribution < 1.29 is 29.3 Å². The fourth-order valence-electron chi connectivity index (χ4n) is 9.91. The Balaban J connectivity index is 1.09. The van der Waals surface area contributed by atoms with E-state index in [1.165, 1.54) is 0 Å². The largest absolute Gasteiger partial charge is 0.478 e. The average molecular weight is 879 g/mol. The first kappa shape index (κ1) is 40.3. The second kappa shape index (κ2) is 16.3. The second-order valence-corrected chi connectivity index (χ2v) is 16.9. The lowest BCUT2D eigenvalue weighted by atomic mass is 9.91. The van der Waals surface area contributed by atoms with E-state index in [9.17, 15) is 19.8 Å². The van der Waals surface area contributed by atoms with E-state index in [-0.39, 0.29) is 11.1 Å². The lowest BCUT2D eigenvalue weighted by Gasteiger charge is -2.22. The Kier molecular flexibility index (Phi) is 9.66. The molecule has 0 spiro atoms. The van der Waals surface area contributed by atoms with Crippen LogP contribution in [0.25, 0.3) is 98.0 Å². The average Bonchev–Trinajstić information content (AvgIpc) is 3.38. The minimum absolute atomic E-state index is 0.136. The van der Waals surface area contributed by atoms with Crippen LogP contribution >= 0.6 is 0 Å². The van der Waals surface area contributed by atoms with Crippen molar-refractivity contribution in [2.24, 2.45) is 0 Å². The highest BCUT2D eigenvalue weighted by Gasteiger charge is 2.24. The number of carbonyl (C=O) groups is 2. The second-order valence-electron chi connectivity index (χ2n) is 16.9. The number of hydrogen-bond donors (Lipinski definition) is 2. The van der Waals surface area contributed by atoms with Crippen LogP contribution in [0.5, 0.6) is 23.0 Å². The molecule has 68 heavy (non-hydrogen) atoms. The van der Waals surface area contributed by atoms with Gasteiger partial charge in [-0.2, -0.15) is 0 Å². The van der Waals surface area contributed by atoms with Gasteiger partial charge in [0.2, 0.25) is 0 Å². The van der Waals surface area contributed by atoms with E-state index in [0.717, 1.165) is 86.9 Å². The first-order valence-corrected chi connectivity index (χ1v) is 22.3. The predicted molar refractivity (Wildman–Crippen MR) is 275 cm³/mol. The van der Waals surface area contributed by atoms with Crippen molar-refractivity contribution in [3.63, 3.8) is 0 Å². The van der Waals surface area contributed by atoms with Gasteiger partial charge < -0.3 is 19.7 Å². The first-order chi connectivity index (χ1) is 33.4. The van der Waals surface area contributed by atoms with Crippen LogP contribution in [0.15, 0.2) is 218 Å². The fourth-order valence-corrected chi connectivity index (χ4v) is 9.91. The van der Waals surface area contributed by atoms with Gasteiger partial charge in [-0.05, 0) is 136 Å². The van der Waals surface area contributed by atoms with Gasteiger partial charge in [0.1, 0.15) is 23.0 Å². The number of carboxylic acid groups (broad SMARTS) is 2. The number of fused-ring (bicyclic) bond motifs is 8. The SMILES string of the molecule is O=C(O)c1ccc(Oc2ccc3ccccc3c2-c2c(Oc3ccc(C(=O)O)cc3-c3cc4ccccc4c4ccccc34)ccc3ccccc23)c(-c2cc3ccccc3c3ccccc23)c1. The van der Waals surface area contributed by atoms with Crippen LogP contribution in [-0.4, -0.2) is 22.2 Å². The van der Waals surface area contributed by atoms with Gasteiger partial charge in [-0.25, -0.2) is 9.59 Å². The molecular weight excluding hydrogens is 841 g/mol. The van der Waals surface area contributed by atoms with Crippen molar-refractivity contribution in [3.8, 4) is 56.4 Å². The third-order valence-corrected chi connectivity index (χ3v) is 13.0. The number of aromatic carboxylic acids is 2. The van der Waals surface area contributed by atoms with E-state index < -0.39 is 11.9 Å². The molecule has 0 radical (unpaired) electrons. The fraction of sp³-hybridized carbons (Fsp3) is 0. The molecule has 12 rings (SSSR count). The Labute approximate surface area is 390 Å². The number of rotatable bonds is 9. The quantitative estimate of drug-likeness (QED) is 0.140. The summed E-state index contributed by atoms with van der Waals surface area (Å²) in [7, 11) is 0. The number of hydrogen-bond acceptors (Lipinski definition) is 4. The molecule has 12 aromatic carbocycles. The van der Waals surface area contributed by atoms with Crippen LogP contribution < -0.4 is 9.47 Å². The van der Waals surface area contributed by atoms with Gasteiger partial charge in [-0.15, -0.1) is 0 Å². The Morgan fingerprint density at radius 1 is 0.279 bits per heavy atom. The van der Waals surface area contributed by atoms with Gasteiger partial charge in [0.25, 0.3) is 0 Å².